The third-order valence-corrected chi connectivity index (χ3v) is 5.52. The molecule has 0 aliphatic heterocycles. The standard InChI is InChI=1S/C17H23NOS/c1-10-8-15-16(6-5-7-17(15)19)18(10)12(3)14-9-11(2)20-13(14)4/h8-9,12,17,19H,5-7H2,1-4H3. The van der Waals surface area contributed by atoms with Crippen molar-refractivity contribution >= 4 is 11.3 Å². The SMILES string of the molecule is Cc1cc(C(C)n2c(C)cc3c2CCCC3O)c(C)s1. The molecule has 2 atom stereocenters. The van der Waals surface area contributed by atoms with E-state index in [0.717, 1.165) is 24.8 Å². The molecule has 0 saturated heterocycles. The average molecular weight is 289 g/mol. The minimum absolute atomic E-state index is 0.267. The maximum absolute atomic E-state index is 10.2. The van der Waals surface area contributed by atoms with Crippen LogP contribution >= 0.6 is 11.3 Å². The molecule has 0 bridgehead atoms. The van der Waals surface area contributed by atoms with Gasteiger partial charge in [0, 0.05) is 26.7 Å². The number of aromatic nitrogens is 1. The Bertz CT molecular complexity index is 638. The Labute approximate surface area is 125 Å². The molecule has 0 spiro atoms. The van der Waals surface area contributed by atoms with E-state index in [9.17, 15) is 5.11 Å². The van der Waals surface area contributed by atoms with Crippen molar-refractivity contribution in [3.05, 3.63) is 44.4 Å². The third kappa shape index (κ3) is 2.13. The lowest BCUT2D eigenvalue weighted by atomic mass is 9.95. The Morgan fingerprint density at radius 1 is 1.30 bits per heavy atom. The summed E-state index contributed by atoms with van der Waals surface area (Å²) in [5.74, 6) is 0. The van der Waals surface area contributed by atoms with Crippen molar-refractivity contribution in [2.75, 3.05) is 0 Å². The Morgan fingerprint density at radius 2 is 2.05 bits per heavy atom. The van der Waals surface area contributed by atoms with Crippen molar-refractivity contribution in [3.63, 3.8) is 0 Å². The van der Waals surface area contributed by atoms with Crippen molar-refractivity contribution in [1.29, 1.82) is 0 Å². The number of hydrogen-bond acceptors (Lipinski definition) is 2. The molecule has 20 heavy (non-hydrogen) atoms. The second kappa shape index (κ2) is 5.05. The summed E-state index contributed by atoms with van der Waals surface area (Å²) in [5.41, 5.74) is 5.20. The molecule has 1 aliphatic carbocycles. The van der Waals surface area contributed by atoms with Crippen LogP contribution in [0, 0.1) is 20.8 Å². The fourth-order valence-electron chi connectivity index (χ4n) is 3.65. The Hall–Kier alpha value is -1.06. The number of rotatable bonds is 2. The highest BCUT2D eigenvalue weighted by molar-refractivity contribution is 7.12. The van der Waals surface area contributed by atoms with Crippen LogP contribution < -0.4 is 0 Å². The summed E-state index contributed by atoms with van der Waals surface area (Å²) in [5, 5.41) is 10.2. The minimum atomic E-state index is -0.267. The number of nitrogens with zero attached hydrogens (tertiary/aromatic N) is 1. The third-order valence-electron chi connectivity index (χ3n) is 4.54. The first-order chi connectivity index (χ1) is 9.49. The molecule has 0 aromatic carbocycles. The van der Waals surface area contributed by atoms with Crippen LogP contribution in [0.2, 0.25) is 0 Å². The monoisotopic (exact) mass is 289 g/mol. The first kappa shape index (κ1) is 13.9. The van der Waals surface area contributed by atoms with E-state index in [1.165, 1.54) is 26.7 Å². The van der Waals surface area contributed by atoms with Gasteiger partial charge in [0.15, 0.2) is 0 Å². The van der Waals surface area contributed by atoms with Gasteiger partial charge in [0.2, 0.25) is 0 Å². The average Bonchev–Trinajstić information content (AvgIpc) is 2.89. The van der Waals surface area contributed by atoms with Gasteiger partial charge in [-0.2, -0.15) is 0 Å². The fraction of sp³-hybridized carbons (Fsp3) is 0.529. The summed E-state index contributed by atoms with van der Waals surface area (Å²) >= 11 is 1.88. The lowest BCUT2D eigenvalue weighted by molar-refractivity contribution is 0.155. The first-order valence-electron chi connectivity index (χ1n) is 7.44. The minimum Gasteiger partial charge on any atom is -0.388 e. The maximum atomic E-state index is 10.2. The van der Waals surface area contributed by atoms with Gasteiger partial charge >= 0.3 is 0 Å². The van der Waals surface area contributed by atoms with Gasteiger partial charge in [0.25, 0.3) is 0 Å². The Balaban J connectivity index is 2.08. The molecular weight excluding hydrogens is 266 g/mol. The van der Waals surface area contributed by atoms with E-state index in [0.29, 0.717) is 6.04 Å². The van der Waals surface area contributed by atoms with Gasteiger partial charge in [-0.15, -0.1) is 11.3 Å². The van der Waals surface area contributed by atoms with Crippen LogP contribution in [0.3, 0.4) is 0 Å². The van der Waals surface area contributed by atoms with E-state index in [1.807, 2.05) is 11.3 Å². The molecular formula is C17H23NOS. The van der Waals surface area contributed by atoms with E-state index in [1.54, 1.807) is 0 Å². The first-order valence-corrected chi connectivity index (χ1v) is 8.26. The van der Waals surface area contributed by atoms with Crippen LogP contribution in [-0.2, 0) is 6.42 Å². The van der Waals surface area contributed by atoms with Gasteiger partial charge < -0.3 is 9.67 Å². The van der Waals surface area contributed by atoms with Crippen LogP contribution in [0.25, 0.3) is 0 Å². The summed E-state index contributed by atoms with van der Waals surface area (Å²) in [6.07, 6.45) is 2.82. The van der Waals surface area contributed by atoms with Gasteiger partial charge in [-0.3, -0.25) is 0 Å². The van der Waals surface area contributed by atoms with Crippen LogP contribution in [0.15, 0.2) is 12.1 Å². The second-order valence-corrected chi connectivity index (χ2v) is 7.47. The van der Waals surface area contributed by atoms with Crippen molar-refractivity contribution < 1.29 is 5.11 Å². The Kier molecular flexibility index (Phi) is 3.51. The number of fused-ring (bicyclic) bond motifs is 1. The van der Waals surface area contributed by atoms with E-state index >= 15 is 0 Å². The molecule has 2 nitrogen and oxygen atoms in total. The summed E-state index contributed by atoms with van der Waals surface area (Å²) in [4.78, 5) is 2.79. The lowest BCUT2D eigenvalue weighted by Crippen LogP contribution is -2.16. The van der Waals surface area contributed by atoms with Gasteiger partial charge in [0.05, 0.1) is 12.1 Å². The smallest absolute Gasteiger partial charge is 0.0807 e. The van der Waals surface area contributed by atoms with Crippen LogP contribution in [0.5, 0.6) is 0 Å². The highest BCUT2D eigenvalue weighted by Gasteiger charge is 2.26. The van der Waals surface area contributed by atoms with Crippen LogP contribution in [0.1, 0.15) is 64.2 Å². The highest BCUT2D eigenvalue weighted by Crippen LogP contribution is 2.37. The molecule has 1 N–H and O–H groups in total. The molecule has 0 saturated carbocycles. The fourth-order valence-corrected chi connectivity index (χ4v) is 4.66. The largest absolute Gasteiger partial charge is 0.388 e. The molecule has 1 aliphatic rings. The number of hydrogen-bond donors (Lipinski definition) is 1. The van der Waals surface area contributed by atoms with Gasteiger partial charge in [0.1, 0.15) is 0 Å². The zero-order valence-electron chi connectivity index (χ0n) is 12.7. The molecule has 2 heterocycles. The molecule has 2 unspecified atom stereocenters. The van der Waals surface area contributed by atoms with Crippen molar-refractivity contribution in [2.24, 2.45) is 0 Å². The summed E-state index contributed by atoms with van der Waals surface area (Å²) in [7, 11) is 0. The zero-order valence-corrected chi connectivity index (χ0v) is 13.5. The van der Waals surface area contributed by atoms with Gasteiger partial charge in [-0.05, 0) is 64.7 Å². The second-order valence-electron chi connectivity index (χ2n) is 6.01. The van der Waals surface area contributed by atoms with Crippen molar-refractivity contribution in [1.82, 2.24) is 4.57 Å². The summed E-state index contributed by atoms with van der Waals surface area (Å²) in [6, 6.07) is 4.86. The van der Waals surface area contributed by atoms with E-state index in [-0.39, 0.29) is 6.10 Å². The molecule has 0 fully saturated rings. The Morgan fingerprint density at radius 3 is 2.70 bits per heavy atom. The maximum Gasteiger partial charge on any atom is 0.0807 e. The highest BCUT2D eigenvalue weighted by atomic mass is 32.1. The number of aliphatic hydroxyl groups excluding tert-OH is 1. The van der Waals surface area contributed by atoms with Crippen LogP contribution in [-0.4, -0.2) is 9.67 Å². The summed E-state index contributed by atoms with van der Waals surface area (Å²) in [6.45, 7) is 8.83. The topological polar surface area (TPSA) is 25.2 Å². The van der Waals surface area contributed by atoms with E-state index in [4.69, 9.17) is 0 Å². The van der Waals surface area contributed by atoms with Gasteiger partial charge in [-0.25, -0.2) is 0 Å². The normalized spacial score (nSPS) is 19.9. The van der Waals surface area contributed by atoms with Crippen molar-refractivity contribution in [2.45, 2.75) is 59.1 Å². The van der Waals surface area contributed by atoms with E-state index < -0.39 is 0 Å². The van der Waals surface area contributed by atoms with Gasteiger partial charge in [-0.1, -0.05) is 0 Å². The molecule has 2 aromatic heterocycles. The predicted molar refractivity (Wildman–Crippen MR) is 84.7 cm³/mol. The number of aliphatic hydroxyl groups is 1. The summed E-state index contributed by atoms with van der Waals surface area (Å²) < 4.78 is 2.44. The number of thiophene rings is 1. The van der Waals surface area contributed by atoms with Crippen molar-refractivity contribution in [3.8, 4) is 0 Å². The zero-order chi connectivity index (χ0) is 14.4. The molecule has 0 radical (unpaired) electrons. The number of aryl methyl sites for hydroxylation is 3. The molecule has 0 amide bonds. The molecule has 3 heteroatoms. The molecule has 2 aromatic rings. The van der Waals surface area contributed by atoms with Crippen LogP contribution in [0.4, 0.5) is 0 Å². The molecule has 108 valence electrons. The quantitative estimate of drug-likeness (QED) is 0.868. The predicted octanol–water partition coefficient (Wildman–Crippen LogP) is 4.45. The van der Waals surface area contributed by atoms with E-state index in [2.05, 4.69) is 44.4 Å². The molecule has 3 rings (SSSR count). The lowest BCUT2D eigenvalue weighted by Gasteiger charge is -2.24.